The summed E-state index contributed by atoms with van der Waals surface area (Å²) in [5.41, 5.74) is 5.65. The Morgan fingerprint density at radius 2 is 1.67 bits per heavy atom. The molecule has 230 valence electrons. The molecule has 5 atom stereocenters. The molecule has 2 fully saturated rings. The minimum Gasteiger partial charge on any atom is -0.395 e. The molecule has 0 aromatic heterocycles. The van der Waals surface area contributed by atoms with Crippen LogP contribution in [-0.2, 0) is 27.4 Å². The second-order valence-corrected chi connectivity index (χ2v) is 13.6. The molecule has 2 heterocycles. The van der Waals surface area contributed by atoms with Crippen LogP contribution < -0.4 is 5.32 Å². The molecule has 0 bridgehead atoms. The van der Waals surface area contributed by atoms with E-state index in [0.717, 1.165) is 59.3 Å². The molecule has 0 spiro atoms. The molecule has 3 aromatic rings. The van der Waals surface area contributed by atoms with Gasteiger partial charge in [-0.3, -0.25) is 9.69 Å². The number of likely N-dealkylation sites (tertiary alicyclic amines) is 1. The Balaban J connectivity index is 1.35. The van der Waals surface area contributed by atoms with E-state index in [9.17, 15) is 15.0 Å². The topological polar surface area (TPSA) is 91.3 Å². The summed E-state index contributed by atoms with van der Waals surface area (Å²) in [6.45, 7) is 4.19. The maximum Gasteiger partial charge on any atom is 0.272 e. The Morgan fingerprint density at radius 1 is 0.953 bits per heavy atom. The van der Waals surface area contributed by atoms with Crippen LogP contribution in [0.1, 0.15) is 54.4 Å². The van der Waals surface area contributed by atoms with Crippen LogP contribution in [-0.4, -0.2) is 56.7 Å². The molecule has 2 aliphatic heterocycles. The summed E-state index contributed by atoms with van der Waals surface area (Å²) >= 11 is 17.0. The number of amides is 1. The van der Waals surface area contributed by atoms with Gasteiger partial charge in [-0.1, -0.05) is 108 Å². The number of hydrogen-bond acceptors (Lipinski definition) is 6. The van der Waals surface area contributed by atoms with Crippen LogP contribution in [0.4, 0.5) is 0 Å². The summed E-state index contributed by atoms with van der Waals surface area (Å²) in [4.78, 5) is 14.3. The van der Waals surface area contributed by atoms with Crippen molar-refractivity contribution in [2.75, 3.05) is 19.7 Å². The molecule has 0 saturated carbocycles. The molecule has 10 heteroatoms. The summed E-state index contributed by atoms with van der Waals surface area (Å²) in [6.07, 6.45) is 1.18. The van der Waals surface area contributed by atoms with Crippen molar-refractivity contribution in [2.45, 2.75) is 61.2 Å². The fourth-order valence-electron chi connectivity index (χ4n) is 5.88. The number of nitrogens with one attached hydrogen (secondary N) is 1. The minimum atomic E-state index is -2.01. The first-order chi connectivity index (χ1) is 20.7. The van der Waals surface area contributed by atoms with Crippen LogP contribution in [0, 0.1) is 5.92 Å². The van der Waals surface area contributed by atoms with Crippen molar-refractivity contribution in [3.8, 4) is 11.1 Å². The number of nitrogens with zero attached hydrogens (tertiary/aromatic N) is 1. The Kier molecular flexibility index (Phi) is 10.7. The van der Waals surface area contributed by atoms with Crippen molar-refractivity contribution in [3.05, 3.63) is 95.1 Å². The fraction of sp³-hybridized carbons (Fsp3) is 0.424. The Labute approximate surface area is 267 Å². The van der Waals surface area contributed by atoms with Crippen molar-refractivity contribution in [2.24, 2.45) is 5.92 Å². The summed E-state index contributed by atoms with van der Waals surface area (Å²) in [6, 6.07) is 23.9. The van der Waals surface area contributed by atoms with Crippen molar-refractivity contribution < 1.29 is 24.5 Å². The maximum absolute atomic E-state index is 11.9. The van der Waals surface area contributed by atoms with Gasteiger partial charge in [0, 0.05) is 30.6 Å². The zero-order chi connectivity index (χ0) is 30.6. The van der Waals surface area contributed by atoms with E-state index in [2.05, 4.69) is 17.1 Å². The van der Waals surface area contributed by atoms with E-state index in [4.69, 9.17) is 44.3 Å². The quantitative estimate of drug-likeness (QED) is 0.244. The number of halogens is 3. The highest BCUT2D eigenvalue weighted by molar-refractivity contribution is 6.76. The van der Waals surface area contributed by atoms with Crippen molar-refractivity contribution in [3.63, 3.8) is 0 Å². The largest absolute Gasteiger partial charge is 0.395 e. The number of carbonyl (C=O) groups is 1. The number of aliphatic hydroxyl groups is 2. The average Bonchev–Trinajstić information content (AvgIpc) is 3.48. The number of hydrogen-bond donors (Lipinski definition) is 3. The van der Waals surface area contributed by atoms with Crippen LogP contribution in [0.15, 0.2) is 72.8 Å². The molecule has 2 saturated heterocycles. The number of rotatable bonds is 9. The van der Waals surface area contributed by atoms with Crippen LogP contribution >= 0.6 is 34.8 Å². The predicted octanol–water partition coefficient (Wildman–Crippen LogP) is 6.08. The maximum atomic E-state index is 11.9. The number of carbonyl (C=O) groups excluding carboxylic acids is 1. The van der Waals surface area contributed by atoms with Crippen LogP contribution in [0.5, 0.6) is 0 Å². The van der Waals surface area contributed by atoms with Crippen LogP contribution in [0.2, 0.25) is 0 Å². The first-order valence-corrected chi connectivity index (χ1v) is 15.7. The van der Waals surface area contributed by atoms with E-state index in [0.29, 0.717) is 0 Å². The normalized spacial score (nSPS) is 24.7. The van der Waals surface area contributed by atoms with E-state index < -0.39 is 16.0 Å². The Morgan fingerprint density at radius 3 is 2.35 bits per heavy atom. The summed E-state index contributed by atoms with van der Waals surface area (Å²) in [5, 5.41) is 22.1. The molecule has 3 aromatic carbocycles. The molecule has 0 aliphatic carbocycles. The average molecular weight is 648 g/mol. The van der Waals surface area contributed by atoms with E-state index in [1.165, 1.54) is 0 Å². The zero-order valence-electron chi connectivity index (χ0n) is 24.0. The van der Waals surface area contributed by atoms with Gasteiger partial charge in [-0.05, 0) is 53.3 Å². The second kappa shape index (κ2) is 14.3. The van der Waals surface area contributed by atoms with Gasteiger partial charge in [0.05, 0.1) is 25.4 Å². The van der Waals surface area contributed by atoms with Gasteiger partial charge in [0.25, 0.3) is 9.70 Å². The van der Waals surface area contributed by atoms with Crippen molar-refractivity contribution in [1.82, 2.24) is 10.2 Å². The summed E-state index contributed by atoms with van der Waals surface area (Å²) in [5.74, 6) is -0.605. The summed E-state index contributed by atoms with van der Waals surface area (Å²) < 4.78 is 11.2. The van der Waals surface area contributed by atoms with Crippen LogP contribution in [0.3, 0.4) is 0 Å². The van der Waals surface area contributed by atoms with Gasteiger partial charge < -0.3 is 25.0 Å². The third-order valence-corrected chi connectivity index (χ3v) is 8.92. The lowest BCUT2D eigenvalue weighted by Crippen LogP contribution is -2.46. The monoisotopic (exact) mass is 646 g/mol. The minimum absolute atomic E-state index is 0.00786. The Bertz CT molecular complexity index is 1370. The first-order valence-electron chi connectivity index (χ1n) is 14.6. The lowest BCUT2D eigenvalue weighted by molar-refractivity contribution is -0.276. The molecular weight excluding hydrogens is 611 g/mol. The smallest absolute Gasteiger partial charge is 0.272 e. The fourth-order valence-corrected chi connectivity index (χ4v) is 6.08. The number of alkyl halides is 3. The second-order valence-electron chi connectivity index (χ2n) is 11.3. The third kappa shape index (κ3) is 7.91. The van der Waals surface area contributed by atoms with Gasteiger partial charge in [-0.25, -0.2) is 0 Å². The van der Waals surface area contributed by atoms with E-state index >= 15 is 0 Å². The highest BCUT2D eigenvalue weighted by Crippen LogP contribution is 2.42. The molecule has 0 unspecified atom stereocenters. The van der Waals surface area contributed by atoms with Gasteiger partial charge in [0.15, 0.2) is 6.29 Å². The highest BCUT2D eigenvalue weighted by Gasteiger charge is 2.40. The van der Waals surface area contributed by atoms with Crippen molar-refractivity contribution in [1.29, 1.82) is 0 Å². The number of benzene rings is 3. The zero-order valence-corrected chi connectivity index (χ0v) is 26.2. The van der Waals surface area contributed by atoms with Gasteiger partial charge in [0.1, 0.15) is 0 Å². The van der Waals surface area contributed by atoms with Gasteiger partial charge >= 0.3 is 0 Å². The molecule has 0 radical (unpaired) electrons. The standard InChI is InChI=1S/C33H37Cl3N2O5/c1-21-29(18-38-15-3-6-28(38)20-40)42-31(43-30(21)25-9-7-22(19-39)8-10-25)26-13-11-24(12-14-26)27-5-2-4-23(16-27)17-37-32(41)33(34,35)36/h2,4-5,7-14,16,21,28-31,39-40H,3,6,15,17-20H2,1H3,(H,37,41)/t21-,28+,29+,30+,31+/m1/s1. The van der Waals surface area contributed by atoms with E-state index in [1.54, 1.807) is 0 Å². The highest BCUT2D eigenvalue weighted by atomic mass is 35.6. The van der Waals surface area contributed by atoms with Gasteiger partial charge in [-0.15, -0.1) is 0 Å². The molecule has 2 aliphatic rings. The lowest BCUT2D eigenvalue weighted by Gasteiger charge is -2.43. The number of ether oxygens (including phenoxy) is 2. The van der Waals surface area contributed by atoms with E-state index in [1.807, 2.05) is 72.8 Å². The molecular formula is C33H37Cl3N2O5. The lowest BCUT2D eigenvalue weighted by atomic mass is 9.89. The van der Waals surface area contributed by atoms with Crippen molar-refractivity contribution >= 4 is 40.7 Å². The Hall–Kier alpha value is -2.20. The first kappa shape index (κ1) is 32.2. The predicted molar refractivity (Wildman–Crippen MR) is 169 cm³/mol. The molecule has 3 N–H and O–H groups in total. The third-order valence-electron chi connectivity index (χ3n) is 8.40. The molecule has 1 amide bonds. The molecule has 5 rings (SSSR count). The number of aliphatic hydroxyl groups excluding tert-OH is 2. The van der Waals surface area contributed by atoms with Gasteiger partial charge in [0.2, 0.25) is 0 Å². The molecule has 43 heavy (non-hydrogen) atoms. The molecule has 7 nitrogen and oxygen atoms in total. The van der Waals surface area contributed by atoms with E-state index in [-0.39, 0.29) is 43.9 Å². The van der Waals surface area contributed by atoms with Crippen LogP contribution in [0.25, 0.3) is 11.1 Å². The summed E-state index contributed by atoms with van der Waals surface area (Å²) in [7, 11) is 0. The van der Waals surface area contributed by atoms with Gasteiger partial charge in [-0.2, -0.15) is 0 Å². The SMILES string of the molecule is C[C@@H]1[C@H](CN2CCC[C@H]2CO)O[C@H](c2ccc(-c3cccc(CNC(=O)C(Cl)(Cl)Cl)c3)cc2)O[C@@H]1c1ccc(CO)cc1.